The Morgan fingerprint density at radius 3 is 2.53 bits per heavy atom. The Morgan fingerprint density at radius 2 is 1.95 bits per heavy atom. The maximum atomic E-state index is 12.1. The van der Waals surface area contributed by atoms with Gasteiger partial charge in [0.2, 0.25) is 0 Å². The molecular weight excluding hydrogens is 260 g/mol. The average Bonchev–Trinajstić information content (AvgIpc) is 2.27. The van der Waals surface area contributed by atoms with Gasteiger partial charge in [-0.3, -0.25) is 10.1 Å². The van der Waals surface area contributed by atoms with Crippen molar-refractivity contribution >= 4 is 23.2 Å². The lowest BCUT2D eigenvalue weighted by atomic mass is 10.1. The van der Waals surface area contributed by atoms with Gasteiger partial charge in [0.15, 0.2) is 5.11 Å². The fraction of sp³-hybridized carbons (Fsp3) is 0.429. The number of carbonyl (C=O) groups is 1. The lowest BCUT2D eigenvalue weighted by Crippen LogP contribution is -2.48. The van der Waals surface area contributed by atoms with Crippen molar-refractivity contribution in [2.24, 2.45) is 0 Å². The summed E-state index contributed by atoms with van der Waals surface area (Å²) < 4.78 is 5.42. The van der Waals surface area contributed by atoms with Crippen molar-refractivity contribution in [1.29, 1.82) is 0 Å². The predicted octanol–water partition coefficient (Wildman–Crippen LogP) is 2.49. The molecule has 0 aliphatic carbocycles. The monoisotopic (exact) mass is 280 g/mol. The summed E-state index contributed by atoms with van der Waals surface area (Å²) in [7, 11) is 0. The molecule has 5 heteroatoms. The van der Waals surface area contributed by atoms with Crippen LogP contribution in [0.2, 0.25) is 0 Å². The molecule has 1 aromatic rings. The van der Waals surface area contributed by atoms with Crippen LogP contribution in [0.4, 0.5) is 0 Å². The second-order valence-corrected chi connectivity index (χ2v) is 5.50. The van der Waals surface area contributed by atoms with Crippen LogP contribution in [0, 0.1) is 0 Å². The molecular formula is C14H20N2O2S. The molecule has 104 valence electrons. The van der Waals surface area contributed by atoms with Gasteiger partial charge in [0.1, 0.15) is 5.75 Å². The number of rotatable bonds is 3. The van der Waals surface area contributed by atoms with E-state index in [2.05, 4.69) is 10.6 Å². The smallest absolute Gasteiger partial charge is 0.261 e. The van der Waals surface area contributed by atoms with Crippen LogP contribution < -0.4 is 15.4 Å². The number of amides is 1. The van der Waals surface area contributed by atoms with E-state index in [1.807, 2.05) is 33.8 Å². The Kier molecular flexibility index (Phi) is 5.30. The number of hydrogen-bond donors (Lipinski definition) is 2. The normalized spacial score (nSPS) is 10.7. The Bertz CT molecular complexity index is 467. The molecule has 0 unspecified atom stereocenters. The van der Waals surface area contributed by atoms with Gasteiger partial charge in [-0.2, -0.15) is 0 Å². The Morgan fingerprint density at radius 1 is 1.32 bits per heavy atom. The Labute approximate surface area is 119 Å². The standard InChI is InChI=1S/C14H20N2O2S/c1-5-18-11-9-7-6-8-10(11)12(17)15-13(19)16-14(2,3)4/h6-9H,5H2,1-4H3,(H2,15,16,17,19). The van der Waals surface area contributed by atoms with Crippen LogP contribution in [0.3, 0.4) is 0 Å². The van der Waals surface area contributed by atoms with E-state index >= 15 is 0 Å². The molecule has 0 saturated carbocycles. The van der Waals surface area contributed by atoms with Crippen molar-refractivity contribution in [2.45, 2.75) is 33.2 Å². The fourth-order valence-corrected chi connectivity index (χ4v) is 1.88. The quantitative estimate of drug-likeness (QED) is 0.835. The maximum absolute atomic E-state index is 12.1. The van der Waals surface area contributed by atoms with Crippen molar-refractivity contribution in [3.63, 3.8) is 0 Å². The van der Waals surface area contributed by atoms with E-state index in [0.717, 1.165) is 0 Å². The van der Waals surface area contributed by atoms with Crippen LogP contribution in [0.15, 0.2) is 24.3 Å². The van der Waals surface area contributed by atoms with Crippen molar-refractivity contribution in [3.05, 3.63) is 29.8 Å². The molecule has 4 nitrogen and oxygen atoms in total. The first-order valence-electron chi connectivity index (χ1n) is 6.19. The topological polar surface area (TPSA) is 50.4 Å². The predicted molar refractivity (Wildman–Crippen MR) is 80.6 cm³/mol. The van der Waals surface area contributed by atoms with Crippen molar-refractivity contribution in [2.75, 3.05) is 6.61 Å². The zero-order valence-corrected chi connectivity index (χ0v) is 12.6. The SMILES string of the molecule is CCOc1ccccc1C(=O)NC(=S)NC(C)(C)C. The highest BCUT2D eigenvalue weighted by Crippen LogP contribution is 2.17. The molecule has 0 spiro atoms. The largest absolute Gasteiger partial charge is 0.493 e. The highest BCUT2D eigenvalue weighted by atomic mass is 32.1. The summed E-state index contributed by atoms with van der Waals surface area (Å²) in [5, 5.41) is 5.99. The number of thiocarbonyl (C=S) groups is 1. The van der Waals surface area contributed by atoms with Crippen molar-refractivity contribution in [3.8, 4) is 5.75 Å². The summed E-state index contributed by atoms with van der Waals surface area (Å²) in [6.45, 7) is 8.30. The molecule has 1 rings (SSSR count). The van der Waals surface area contributed by atoms with Crippen LogP contribution in [0.25, 0.3) is 0 Å². The number of benzene rings is 1. The number of nitrogens with one attached hydrogen (secondary N) is 2. The van der Waals surface area contributed by atoms with Gasteiger partial charge in [0, 0.05) is 5.54 Å². The van der Waals surface area contributed by atoms with E-state index in [9.17, 15) is 4.79 Å². The number of carbonyl (C=O) groups excluding carboxylic acids is 1. The van der Waals surface area contributed by atoms with Crippen LogP contribution in [0.5, 0.6) is 5.75 Å². The van der Waals surface area contributed by atoms with Crippen LogP contribution >= 0.6 is 12.2 Å². The average molecular weight is 280 g/mol. The molecule has 0 saturated heterocycles. The number of hydrogen-bond acceptors (Lipinski definition) is 3. The maximum Gasteiger partial charge on any atom is 0.261 e. The van der Waals surface area contributed by atoms with E-state index in [1.165, 1.54) is 0 Å². The highest BCUT2D eigenvalue weighted by molar-refractivity contribution is 7.80. The fourth-order valence-electron chi connectivity index (χ4n) is 1.48. The molecule has 0 aliphatic heterocycles. The number of para-hydroxylation sites is 1. The third-order valence-electron chi connectivity index (χ3n) is 2.15. The summed E-state index contributed by atoms with van der Waals surface area (Å²) >= 11 is 5.10. The van der Waals surface area contributed by atoms with Crippen LogP contribution in [0.1, 0.15) is 38.1 Å². The van der Waals surface area contributed by atoms with Gasteiger partial charge in [-0.1, -0.05) is 12.1 Å². The van der Waals surface area contributed by atoms with Gasteiger partial charge in [-0.05, 0) is 52.0 Å². The molecule has 0 radical (unpaired) electrons. The molecule has 19 heavy (non-hydrogen) atoms. The van der Waals surface area contributed by atoms with Gasteiger partial charge in [-0.25, -0.2) is 0 Å². The lowest BCUT2D eigenvalue weighted by Gasteiger charge is -2.22. The summed E-state index contributed by atoms with van der Waals surface area (Å²) in [6.07, 6.45) is 0. The minimum Gasteiger partial charge on any atom is -0.493 e. The van der Waals surface area contributed by atoms with E-state index in [1.54, 1.807) is 18.2 Å². The van der Waals surface area contributed by atoms with Crippen molar-refractivity contribution in [1.82, 2.24) is 10.6 Å². The van der Waals surface area contributed by atoms with Gasteiger partial charge >= 0.3 is 0 Å². The Balaban J connectivity index is 2.76. The third kappa shape index (κ3) is 5.26. The second kappa shape index (κ2) is 6.52. The molecule has 0 fully saturated rings. The Hall–Kier alpha value is -1.62. The highest BCUT2D eigenvalue weighted by Gasteiger charge is 2.16. The zero-order valence-electron chi connectivity index (χ0n) is 11.7. The first-order chi connectivity index (χ1) is 8.83. The van der Waals surface area contributed by atoms with Crippen LogP contribution in [-0.2, 0) is 0 Å². The first-order valence-corrected chi connectivity index (χ1v) is 6.59. The molecule has 0 heterocycles. The van der Waals surface area contributed by atoms with E-state index in [-0.39, 0.29) is 11.4 Å². The number of ether oxygens (including phenoxy) is 1. The minimum absolute atomic E-state index is 0.191. The second-order valence-electron chi connectivity index (χ2n) is 5.09. The van der Waals surface area contributed by atoms with Crippen LogP contribution in [-0.4, -0.2) is 23.2 Å². The van der Waals surface area contributed by atoms with Gasteiger partial charge in [0.25, 0.3) is 5.91 Å². The summed E-state index contributed by atoms with van der Waals surface area (Å²) in [4.78, 5) is 12.1. The molecule has 0 aromatic heterocycles. The lowest BCUT2D eigenvalue weighted by molar-refractivity contribution is 0.0972. The van der Waals surface area contributed by atoms with Gasteiger partial charge in [0.05, 0.1) is 12.2 Å². The molecule has 1 amide bonds. The zero-order chi connectivity index (χ0) is 14.5. The third-order valence-corrected chi connectivity index (χ3v) is 2.35. The minimum atomic E-state index is -0.272. The summed E-state index contributed by atoms with van der Waals surface area (Å²) in [6, 6.07) is 7.09. The molecule has 0 atom stereocenters. The van der Waals surface area contributed by atoms with Gasteiger partial charge < -0.3 is 10.1 Å². The molecule has 0 aliphatic rings. The summed E-state index contributed by atoms with van der Waals surface area (Å²) in [5.41, 5.74) is 0.284. The van der Waals surface area contributed by atoms with Gasteiger partial charge in [-0.15, -0.1) is 0 Å². The van der Waals surface area contributed by atoms with Crippen molar-refractivity contribution < 1.29 is 9.53 Å². The van der Waals surface area contributed by atoms with E-state index in [0.29, 0.717) is 23.0 Å². The first kappa shape index (κ1) is 15.4. The summed E-state index contributed by atoms with van der Waals surface area (Å²) in [5.74, 6) is 0.284. The molecule has 0 bridgehead atoms. The van der Waals surface area contributed by atoms with E-state index < -0.39 is 0 Å². The molecule has 2 N–H and O–H groups in total. The molecule has 1 aromatic carbocycles. The van der Waals surface area contributed by atoms with E-state index in [4.69, 9.17) is 17.0 Å².